The van der Waals surface area contributed by atoms with Gasteiger partial charge in [0.05, 0.1) is 0 Å². The van der Waals surface area contributed by atoms with E-state index in [1.165, 1.54) is 6.07 Å². The molecular formula is C30H38F4N2O2. The number of piperidine rings is 1. The number of halogens is 4. The minimum absolute atomic E-state index is 0.0263. The number of carboxylic acids is 1. The first-order chi connectivity index (χ1) is 18.0. The number of hydrogen-bond acceptors (Lipinski definition) is 3. The summed E-state index contributed by atoms with van der Waals surface area (Å²) in [5.74, 6) is -4.31. The maximum atomic E-state index is 14.6. The molecule has 2 aromatic carbocycles. The van der Waals surface area contributed by atoms with E-state index in [0.29, 0.717) is 19.5 Å². The van der Waals surface area contributed by atoms with Crippen molar-refractivity contribution in [3.63, 3.8) is 0 Å². The number of rotatable bonds is 10. The maximum Gasteiger partial charge on any atom is 0.321 e. The average Bonchev–Trinajstić information content (AvgIpc) is 3.26. The number of aliphatic carboxylic acids is 1. The monoisotopic (exact) mass is 534 g/mol. The molecule has 2 fully saturated rings. The lowest BCUT2D eigenvalue weighted by atomic mass is 9.86. The summed E-state index contributed by atoms with van der Waals surface area (Å²) in [6.07, 6.45) is 1.80. The molecule has 0 radical (unpaired) electrons. The summed E-state index contributed by atoms with van der Waals surface area (Å²) in [6.45, 7) is 7.37. The fourth-order valence-electron chi connectivity index (χ4n) is 6.31. The first kappa shape index (κ1) is 28.6. The van der Waals surface area contributed by atoms with Crippen LogP contribution in [0.25, 0.3) is 0 Å². The van der Waals surface area contributed by atoms with Gasteiger partial charge < -0.3 is 10.0 Å². The van der Waals surface area contributed by atoms with Crippen molar-refractivity contribution in [1.82, 2.24) is 9.80 Å². The van der Waals surface area contributed by atoms with Crippen LogP contribution in [-0.2, 0) is 10.7 Å². The van der Waals surface area contributed by atoms with E-state index in [9.17, 15) is 27.5 Å². The van der Waals surface area contributed by atoms with Gasteiger partial charge in [0, 0.05) is 37.5 Å². The van der Waals surface area contributed by atoms with Crippen molar-refractivity contribution >= 4 is 5.97 Å². The second kappa shape index (κ2) is 12.2. The van der Waals surface area contributed by atoms with Gasteiger partial charge in [0.25, 0.3) is 5.92 Å². The summed E-state index contributed by atoms with van der Waals surface area (Å²) >= 11 is 0. The Morgan fingerprint density at radius 3 is 2.32 bits per heavy atom. The van der Waals surface area contributed by atoms with Crippen molar-refractivity contribution in [2.45, 2.75) is 57.4 Å². The molecule has 0 spiro atoms. The van der Waals surface area contributed by atoms with Gasteiger partial charge in [-0.2, -0.15) is 0 Å². The molecule has 2 aliphatic heterocycles. The van der Waals surface area contributed by atoms with Crippen molar-refractivity contribution in [3.05, 3.63) is 71.3 Å². The standard InChI is InChI=1S/C30H38F4N2O2/c1-20(2)28(29(37)38)36-18-23(27(19-36)22-4-3-5-26(32)16-22)17-35-14-11-21(12-15-35)10-13-30(33,34)24-6-8-25(31)9-7-24/h3-9,16,20-21,23,27-28H,10-15,17-19H2,1-2H3,(H,37,38)/t23-,27+,28+/m0/s1. The molecule has 0 aromatic heterocycles. The minimum atomic E-state index is -2.98. The number of benzene rings is 2. The molecule has 2 aromatic rings. The second-order valence-corrected chi connectivity index (χ2v) is 11.4. The van der Waals surface area contributed by atoms with Gasteiger partial charge >= 0.3 is 5.97 Å². The highest BCUT2D eigenvalue weighted by Crippen LogP contribution is 2.38. The van der Waals surface area contributed by atoms with Crippen LogP contribution in [0, 0.1) is 29.4 Å². The highest BCUT2D eigenvalue weighted by atomic mass is 19.3. The third kappa shape index (κ3) is 6.94. The lowest BCUT2D eigenvalue weighted by Gasteiger charge is -2.35. The van der Waals surface area contributed by atoms with Gasteiger partial charge in [-0.25, -0.2) is 17.6 Å². The summed E-state index contributed by atoms with van der Waals surface area (Å²) in [5, 5.41) is 9.85. The Morgan fingerprint density at radius 2 is 1.71 bits per heavy atom. The summed E-state index contributed by atoms with van der Waals surface area (Å²) in [6, 6.07) is 10.5. The number of carboxylic acid groups (broad SMARTS) is 1. The molecule has 2 heterocycles. The Balaban J connectivity index is 1.35. The fraction of sp³-hybridized carbons (Fsp3) is 0.567. The van der Waals surface area contributed by atoms with Gasteiger partial charge in [0.2, 0.25) is 0 Å². The first-order valence-corrected chi connectivity index (χ1v) is 13.6. The van der Waals surface area contributed by atoms with Crippen molar-refractivity contribution in [3.8, 4) is 0 Å². The lowest BCUT2D eigenvalue weighted by Crippen LogP contribution is -2.44. The van der Waals surface area contributed by atoms with Crippen LogP contribution >= 0.6 is 0 Å². The SMILES string of the molecule is CC(C)[C@H](C(=O)O)N1C[C@H](CN2CCC(CCC(F)(F)c3ccc(F)cc3)CC2)[C@@H](c2cccc(F)c2)C1. The van der Waals surface area contributed by atoms with Gasteiger partial charge in [0.1, 0.15) is 17.7 Å². The minimum Gasteiger partial charge on any atom is -0.480 e. The van der Waals surface area contributed by atoms with Crippen LogP contribution < -0.4 is 0 Å². The summed E-state index contributed by atoms with van der Waals surface area (Å²) < 4.78 is 56.4. The molecule has 8 heteroatoms. The van der Waals surface area contributed by atoms with Crippen LogP contribution in [0.3, 0.4) is 0 Å². The highest BCUT2D eigenvalue weighted by molar-refractivity contribution is 5.73. The third-order valence-electron chi connectivity index (χ3n) is 8.36. The Hall–Kier alpha value is -2.45. The number of hydrogen-bond donors (Lipinski definition) is 1. The molecule has 2 aliphatic rings. The van der Waals surface area contributed by atoms with Crippen LogP contribution in [0.4, 0.5) is 17.6 Å². The Morgan fingerprint density at radius 1 is 1.03 bits per heavy atom. The molecule has 1 N–H and O–H groups in total. The molecule has 0 bridgehead atoms. The van der Waals surface area contributed by atoms with Gasteiger partial charge in [-0.3, -0.25) is 9.69 Å². The van der Waals surface area contributed by atoms with Crippen molar-refractivity contribution < 1.29 is 27.5 Å². The molecule has 0 saturated carbocycles. The zero-order chi connectivity index (χ0) is 27.4. The van der Waals surface area contributed by atoms with E-state index in [-0.39, 0.29) is 41.5 Å². The van der Waals surface area contributed by atoms with E-state index in [1.807, 2.05) is 24.8 Å². The quantitative estimate of drug-likeness (QED) is 0.360. The summed E-state index contributed by atoms with van der Waals surface area (Å²) in [5.41, 5.74) is 0.745. The zero-order valence-corrected chi connectivity index (χ0v) is 22.1. The second-order valence-electron chi connectivity index (χ2n) is 11.4. The third-order valence-corrected chi connectivity index (χ3v) is 8.36. The summed E-state index contributed by atoms with van der Waals surface area (Å²) in [4.78, 5) is 16.4. The molecule has 208 valence electrons. The van der Waals surface area contributed by atoms with Gasteiger partial charge in [-0.15, -0.1) is 0 Å². The number of nitrogens with zero attached hydrogens (tertiary/aromatic N) is 2. The fourth-order valence-corrected chi connectivity index (χ4v) is 6.31. The zero-order valence-electron chi connectivity index (χ0n) is 22.1. The molecule has 0 unspecified atom stereocenters. The summed E-state index contributed by atoms with van der Waals surface area (Å²) in [7, 11) is 0. The lowest BCUT2D eigenvalue weighted by molar-refractivity contribution is -0.144. The largest absolute Gasteiger partial charge is 0.480 e. The van der Waals surface area contributed by atoms with Crippen LogP contribution in [0.2, 0.25) is 0 Å². The first-order valence-electron chi connectivity index (χ1n) is 13.6. The van der Waals surface area contributed by atoms with Crippen LogP contribution in [0.5, 0.6) is 0 Å². The molecule has 0 amide bonds. The van der Waals surface area contributed by atoms with Crippen molar-refractivity contribution in [2.24, 2.45) is 17.8 Å². The van der Waals surface area contributed by atoms with Gasteiger partial charge in [-0.1, -0.05) is 38.1 Å². The van der Waals surface area contributed by atoms with E-state index in [0.717, 1.165) is 62.3 Å². The molecule has 3 atom stereocenters. The van der Waals surface area contributed by atoms with Crippen LogP contribution in [0.15, 0.2) is 48.5 Å². The van der Waals surface area contributed by atoms with E-state index in [2.05, 4.69) is 4.90 Å². The molecule has 38 heavy (non-hydrogen) atoms. The normalized spacial score (nSPS) is 22.7. The van der Waals surface area contributed by atoms with Crippen LogP contribution in [0.1, 0.15) is 56.6 Å². The van der Waals surface area contributed by atoms with E-state index < -0.39 is 23.8 Å². The maximum absolute atomic E-state index is 14.6. The van der Waals surface area contributed by atoms with Crippen LogP contribution in [-0.4, -0.2) is 59.6 Å². The Bertz CT molecular complexity index is 1070. The number of alkyl halides is 2. The van der Waals surface area contributed by atoms with Gasteiger partial charge in [0.15, 0.2) is 0 Å². The number of likely N-dealkylation sites (tertiary alicyclic amines) is 2. The molecular weight excluding hydrogens is 496 g/mol. The molecule has 2 saturated heterocycles. The number of carbonyl (C=O) groups is 1. The molecule has 4 nitrogen and oxygen atoms in total. The van der Waals surface area contributed by atoms with E-state index in [1.54, 1.807) is 12.1 Å². The van der Waals surface area contributed by atoms with Crippen molar-refractivity contribution in [1.29, 1.82) is 0 Å². The Kier molecular flexibility index (Phi) is 9.14. The highest BCUT2D eigenvalue weighted by Gasteiger charge is 2.41. The molecule has 4 rings (SSSR count). The Labute approximate surface area is 222 Å². The predicted molar refractivity (Wildman–Crippen MR) is 139 cm³/mol. The molecule has 0 aliphatic carbocycles. The topological polar surface area (TPSA) is 43.8 Å². The predicted octanol–water partition coefficient (Wildman–Crippen LogP) is 6.37. The average molecular weight is 535 g/mol. The van der Waals surface area contributed by atoms with Crippen molar-refractivity contribution in [2.75, 3.05) is 32.7 Å². The van der Waals surface area contributed by atoms with Gasteiger partial charge in [-0.05, 0) is 79.9 Å². The smallest absolute Gasteiger partial charge is 0.321 e. The van der Waals surface area contributed by atoms with E-state index in [4.69, 9.17) is 0 Å². The van der Waals surface area contributed by atoms with E-state index >= 15 is 0 Å².